The highest BCUT2D eigenvalue weighted by molar-refractivity contribution is 5.86. The number of fused-ring (bicyclic) bond motifs is 1. The Bertz CT molecular complexity index is 897. The zero-order valence-corrected chi connectivity index (χ0v) is 18.0. The molecule has 0 unspecified atom stereocenters. The summed E-state index contributed by atoms with van der Waals surface area (Å²) in [5.74, 6) is 0.592. The van der Waals surface area contributed by atoms with Crippen LogP contribution in [-0.2, 0) is 9.59 Å². The van der Waals surface area contributed by atoms with Crippen LogP contribution in [0.3, 0.4) is 0 Å². The largest absolute Gasteiger partial charge is 0.477 e. The van der Waals surface area contributed by atoms with Crippen molar-refractivity contribution in [3.05, 3.63) is 54.6 Å². The number of carbonyl (C=O) groups is 2. The molecule has 164 valence electrons. The maximum absolute atomic E-state index is 13.1. The van der Waals surface area contributed by atoms with E-state index in [1.807, 2.05) is 59.2 Å². The van der Waals surface area contributed by atoms with Crippen LogP contribution in [-0.4, -0.2) is 68.6 Å². The van der Waals surface area contributed by atoms with Gasteiger partial charge in [0.05, 0.1) is 18.8 Å². The molecule has 2 aliphatic heterocycles. The highest BCUT2D eigenvalue weighted by atomic mass is 16.5. The van der Waals surface area contributed by atoms with Gasteiger partial charge in [0, 0.05) is 38.4 Å². The Morgan fingerprint density at radius 2 is 1.71 bits per heavy atom. The van der Waals surface area contributed by atoms with Gasteiger partial charge < -0.3 is 24.8 Å². The Labute approximate surface area is 183 Å². The maximum atomic E-state index is 13.1. The highest BCUT2D eigenvalue weighted by Gasteiger charge is 2.32. The molecule has 0 aromatic heterocycles. The van der Waals surface area contributed by atoms with Crippen molar-refractivity contribution in [3.8, 4) is 5.75 Å². The lowest BCUT2D eigenvalue weighted by molar-refractivity contribution is -0.131. The molecule has 1 fully saturated rings. The van der Waals surface area contributed by atoms with E-state index < -0.39 is 6.10 Å². The Balaban J connectivity index is 1.39. The van der Waals surface area contributed by atoms with Gasteiger partial charge in [0.15, 0.2) is 6.10 Å². The quantitative estimate of drug-likeness (QED) is 0.773. The summed E-state index contributed by atoms with van der Waals surface area (Å²) in [5, 5.41) is 2.90. The van der Waals surface area contributed by atoms with Crippen molar-refractivity contribution >= 4 is 23.2 Å². The van der Waals surface area contributed by atoms with Gasteiger partial charge in [-0.05, 0) is 30.7 Å². The summed E-state index contributed by atoms with van der Waals surface area (Å²) in [5.41, 5.74) is 2.05. The second-order valence-corrected chi connectivity index (χ2v) is 7.95. The first-order chi connectivity index (χ1) is 15.2. The first-order valence-electron chi connectivity index (χ1n) is 11.0. The van der Waals surface area contributed by atoms with Crippen LogP contribution >= 0.6 is 0 Å². The van der Waals surface area contributed by atoms with Gasteiger partial charge in [-0.2, -0.15) is 0 Å². The fourth-order valence-electron chi connectivity index (χ4n) is 4.07. The third-order valence-electron chi connectivity index (χ3n) is 5.78. The number of hydrogen-bond donors (Lipinski definition) is 1. The normalized spacial score (nSPS) is 18.2. The molecule has 2 heterocycles. The van der Waals surface area contributed by atoms with Crippen LogP contribution in [0.2, 0.25) is 0 Å². The minimum absolute atomic E-state index is 0.0807. The summed E-state index contributed by atoms with van der Waals surface area (Å²) < 4.78 is 5.93. The number of anilines is 2. The van der Waals surface area contributed by atoms with E-state index in [1.54, 1.807) is 0 Å². The van der Waals surface area contributed by atoms with E-state index in [1.165, 1.54) is 5.69 Å². The minimum Gasteiger partial charge on any atom is -0.477 e. The van der Waals surface area contributed by atoms with E-state index >= 15 is 0 Å². The molecule has 0 bridgehead atoms. The lowest BCUT2D eigenvalue weighted by Gasteiger charge is -2.39. The Morgan fingerprint density at radius 1 is 1.00 bits per heavy atom. The van der Waals surface area contributed by atoms with E-state index in [2.05, 4.69) is 22.3 Å². The molecule has 2 aromatic carbocycles. The maximum Gasteiger partial charge on any atom is 0.262 e. The number of para-hydroxylation sites is 3. The van der Waals surface area contributed by atoms with Crippen LogP contribution in [0.25, 0.3) is 0 Å². The molecule has 7 heteroatoms. The van der Waals surface area contributed by atoms with Crippen molar-refractivity contribution < 1.29 is 14.3 Å². The van der Waals surface area contributed by atoms with Gasteiger partial charge >= 0.3 is 0 Å². The number of piperazine rings is 1. The summed E-state index contributed by atoms with van der Waals surface area (Å²) >= 11 is 0. The van der Waals surface area contributed by atoms with Gasteiger partial charge in [0.2, 0.25) is 5.91 Å². The van der Waals surface area contributed by atoms with Gasteiger partial charge in [-0.25, -0.2) is 0 Å². The molecule has 2 amide bonds. The number of benzene rings is 2. The predicted molar refractivity (Wildman–Crippen MR) is 122 cm³/mol. The van der Waals surface area contributed by atoms with Crippen LogP contribution in [0.15, 0.2) is 54.6 Å². The molecular formula is C24H30N4O3. The second-order valence-electron chi connectivity index (χ2n) is 7.95. The standard InChI is InChI=1S/C24H30N4O3/c1-2-12-25-24(30)22-17-28(20-10-6-7-11-21(20)31-22)18-23(29)27-15-13-26(14-16-27)19-8-4-3-5-9-19/h3-11,22H,2,12-18H2,1H3,(H,25,30)/t22-/m0/s1. The monoisotopic (exact) mass is 422 g/mol. The number of carbonyl (C=O) groups excluding carboxylic acids is 2. The molecule has 2 aliphatic rings. The van der Waals surface area contributed by atoms with E-state index in [0.29, 0.717) is 31.9 Å². The van der Waals surface area contributed by atoms with E-state index in [4.69, 9.17) is 4.74 Å². The molecule has 31 heavy (non-hydrogen) atoms. The van der Waals surface area contributed by atoms with Crippen LogP contribution < -0.4 is 19.9 Å². The van der Waals surface area contributed by atoms with Gasteiger partial charge in [-0.15, -0.1) is 0 Å². The first kappa shape index (κ1) is 21.0. The van der Waals surface area contributed by atoms with E-state index in [0.717, 1.165) is 25.2 Å². The van der Waals surface area contributed by atoms with Crippen LogP contribution in [0, 0.1) is 0 Å². The summed E-state index contributed by atoms with van der Waals surface area (Å²) in [6.07, 6.45) is 0.246. The average molecular weight is 423 g/mol. The molecule has 0 radical (unpaired) electrons. The van der Waals surface area contributed by atoms with Gasteiger partial charge in [0.1, 0.15) is 5.75 Å². The SMILES string of the molecule is CCCNC(=O)[C@@H]1CN(CC(=O)N2CCN(c3ccccc3)CC2)c2ccccc2O1. The molecule has 1 N–H and O–H groups in total. The number of hydrogen-bond acceptors (Lipinski definition) is 5. The van der Waals surface area contributed by atoms with Crippen molar-refractivity contribution in [2.75, 3.05) is 55.6 Å². The fourth-order valence-corrected chi connectivity index (χ4v) is 4.07. The van der Waals surface area contributed by atoms with Crippen LogP contribution in [0.4, 0.5) is 11.4 Å². The van der Waals surface area contributed by atoms with Gasteiger partial charge in [-0.1, -0.05) is 37.3 Å². The van der Waals surface area contributed by atoms with Crippen molar-refractivity contribution in [2.24, 2.45) is 0 Å². The predicted octanol–water partition coefficient (Wildman–Crippen LogP) is 2.13. The third kappa shape index (κ3) is 4.93. The second kappa shape index (κ2) is 9.73. The topological polar surface area (TPSA) is 65.1 Å². The molecule has 1 saturated heterocycles. The van der Waals surface area contributed by atoms with Crippen molar-refractivity contribution in [3.63, 3.8) is 0 Å². The molecule has 0 saturated carbocycles. The van der Waals surface area contributed by atoms with Gasteiger partial charge in [0.25, 0.3) is 5.91 Å². The first-order valence-corrected chi connectivity index (χ1v) is 11.0. The Morgan fingerprint density at radius 3 is 2.45 bits per heavy atom. The summed E-state index contributed by atoms with van der Waals surface area (Å²) in [7, 11) is 0. The van der Waals surface area contributed by atoms with Crippen LogP contribution in [0.1, 0.15) is 13.3 Å². The van der Waals surface area contributed by atoms with Crippen molar-refractivity contribution in [2.45, 2.75) is 19.4 Å². The fraction of sp³-hybridized carbons (Fsp3) is 0.417. The highest BCUT2D eigenvalue weighted by Crippen LogP contribution is 2.33. The lowest BCUT2D eigenvalue weighted by Crippen LogP contribution is -2.54. The summed E-state index contributed by atoms with van der Waals surface area (Å²) in [4.78, 5) is 31.8. The number of rotatable bonds is 6. The van der Waals surface area contributed by atoms with Crippen LogP contribution in [0.5, 0.6) is 5.75 Å². The Kier molecular flexibility index (Phi) is 6.60. The molecule has 0 aliphatic carbocycles. The molecular weight excluding hydrogens is 392 g/mol. The number of ether oxygens (including phenoxy) is 1. The lowest BCUT2D eigenvalue weighted by atomic mass is 10.1. The smallest absolute Gasteiger partial charge is 0.262 e. The molecule has 2 aromatic rings. The molecule has 0 spiro atoms. The summed E-state index contributed by atoms with van der Waals surface area (Å²) in [6.45, 7) is 6.26. The molecule has 7 nitrogen and oxygen atoms in total. The molecule has 4 rings (SSSR count). The van der Waals surface area contributed by atoms with E-state index in [-0.39, 0.29) is 18.4 Å². The zero-order valence-electron chi connectivity index (χ0n) is 18.0. The third-order valence-corrected chi connectivity index (χ3v) is 5.78. The number of amides is 2. The van der Waals surface area contributed by atoms with Crippen molar-refractivity contribution in [1.82, 2.24) is 10.2 Å². The van der Waals surface area contributed by atoms with Crippen molar-refractivity contribution in [1.29, 1.82) is 0 Å². The average Bonchev–Trinajstić information content (AvgIpc) is 2.83. The van der Waals surface area contributed by atoms with Gasteiger partial charge in [-0.3, -0.25) is 9.59 Å². The number of nitrogens with one attached hydrogen (secondary N) is 1. The Hall–Kier alpha value is -3.22. The molecule has 1 atom stereocenters. The number of nitrogens with zero attached hydrogens (tertiary/aromatic N) is 3. The van der Waals surface area contributed by atoms with E-state index in [9.17, 15) is 9.59 Å². The zero-order chi connectivity index (χ0) is 21.6. The minimum atomic E-state index is -0.621. The summed E-state index contributed by atoms with van der Waals surface area (Å²) in [6, 6.07) is 17.9.